The van der Waals surface area contributed by atoms with E-state index in [0.29, 0.717) is 0 Å². The number of nitrogens with zero attached hydrogens (tertiary/aromatic N) is 2. The van der Waals surface area contributed by atoms with Crippen LogP contribution >= 0.6 is 0 Å². The van der Waals surface area contributed by atoms with Crippen LogP contribution in [0.5, 0.6) is 0 Å². The van der Waals surface area contributed by atoms with E-state index in [1.165, 1.54) is 294 Å². The fourth-order valence-electron chi connectivity index (χ4n) is 13.4. The molecule has 0 unspecified atom stereocenters. The second-order valence-corrected chi connectivity index (χ2v) is 28.2. The van der Waals surface area contributed by atoms with Crippen molar-refractivity contribution in [2.45, 2.75) is 368 Å². The fourth-order valence-corrected chi connectivity index (χ4v) is 14.6. The van der Waals surface area contributed by atoms with Gasteiger partial charge in [-0.2, -0.15) is 0 Å². The third-order valence-electron chi connectivity index (χ3n) is 18.9. The summed E-state index contributed by atoms with van der Waals surface area (Å²) in [6, 6.07) is 31.4. The molecule has 90 heavy (non-hydrogen) atoms. The van der Waals surface area contributed by atoms with E-state index in [-0.39, 0.29) is 0 Å². The zero-order valence-electron chi connectivity index (χ0n) is 59.9. The summed E-state index contributed by atoms with van der Waals surface area (Å²) in [5.74, 6) is 7.70. The average molecular weight is 1270 g/mol. The van der Waals surface area contributed by atoms with Gasteiger partial charge in [-0.1, -0.05) is 266 Å². The van der Waals surface area contributed by atoms with Gasteiger partial charge in [-0.05, 0) is 154 Å². The predicted molar refractivity (Wildman–Crippen MR) is 395 cm³/mol. The Bertz CT molecular complexity index is 2490. The first-order valence-corrected chi connectivity index (χ1v) is 40.1. The topological polar surface area (TPSA) is 25.3 Å². The van der Waals surface area contributed by atoms with Gasteiger partial charge in [0.05, 0.1) is 0 Å². The number of benzene rings is 4. The Labute approximate surface area is 564 Å². The summed E-state index contributed by atoms with van der Waals surface area (Å²) in [7, 11) is 0. The zero-order valence-corrected chi connectivity index (χ0v) is 60.9. The molecule has 4 aromatic rings. The number of rotatable bonds is 52. The van der Waals surface area contributed by atoms with E-state index in [1.807, 2.05) is 0 Å². The van der Waals surface area contributed by atoms with Crippen molar-refractivity contribution in [1.82, 2.24) is 0 Å². The second kappa shape index (κ2) is 52.4. The maximum absolute atomic E-state index is 13.2. The Hall–Kier alpha value is -3.99. The molecular weight excluding hydrogens is 1130 g/mol. The Morgan fingerprint density at radius 1 is 0.322 bits per heavy atom. The van der Waals surface area contributed by atoms with Crippen LogP contribution in [0.15, 0.2) is 96.1 Å². The quantitative estimate of drug-likeness (QED) is 0.0182. The van der Waals surface area contributed by atoms with E-state index in [1.54, 1.807) is 30.3 Å². The SMILES string of the molecule is CCCCCCCCCCCCCCCCCCCCCC#CC1=C(c2cc(CCCCC)c(CCCCC)c(CCCCC)c2)[N+](=[N-])C(c2cc(CCCCC)c(CCCCC)c(CCCCC)c2)=C1CCCC.c1ccc([CH2][Ni][CH2]c2ccccc2)cc1. The van der Waals surface area contributed by atoms with Gasteiger partial charge in [0, 0.05) is 23.1 Å². The molecule has 1 aliphatic rings. The zero-order chi connectivity index (χ0) is 64.3. The van der Waals surface area contributed by atoms with Crippen LogP contribution in [0.3, 0.4) is 0 Å². The summed E-state index contributed by atoms with van der Waals surface area (Å²) in [6.07, 6.45) is 60.0. The van der Waals surface area contributed by atoms with Crippen molar-refractivity contribution in [2.24, 2.45) is 0 Å². The van der Waals surface area contributed by atoms with Crippen LogP contribution in [0.2, 0.25) is 0 Å². The molecule has 3 heteroatoms. The van der Waals surface area contributed by atoms with Crippen LogP contribution in [-0.2, 0) is 63.7 Å². The molecule has 0 aliphatic carbocycles. The fraction of sp³-hybridized carbons (Fsp3) is 0.655. The van der Waals surface area contributed by atoms with Crippen molar-refractivity contribution in [3.63, 3.8) is 0 Å². The molecule has 2 nitrogen and oxygen atoms in total. The minimum atomic E-state index is 0.925. The first-order valence-electron chi connectivity index (χ1n) is 38.7. The van der Waals surface area contributed by atoms with Gasteiger partial charge < -0.3 is 5.53 Å². The molecule has 0 spiro atoms. The van der Waals surface area contributed by atoms with E-state index in [2.05, 4.69) is 152 Å². The minimum absolute atomic E-state index is 0.925. The van der Waals surface area contributed by atoms with Gasteiger partial charge in [-0.3, -0.25) is 0 Å². The Kier molecular flexibility index (Phi) is 45.7. The molecule has 0 N–H and O–H groups in total. The van der Waals surface area contributed by atoms with Gasteiger partial charge in [-0.15, -0.1) is 0 Å². The van der Waals surface area contributed by atoms with E-state index in [4.69, 9.17) is 0 Å². The van der Waals surface area contributed by atoms with Crippen LogP contribution in [0.25, 0.3) is 16.9 Å². The first-order chi connectivity index (χ1) is 44.4. The molecule has 0 saturated heterocycles. The molecule has 5 rings (SSSR count). The monoisotopic (exact) mass is 1270 g/mol. The number of aryl methyl sites for hydroxylation is 4. The predicted octanol–water partition coefficient (Wildman–Crippen LogP) is 27.7. The van der Waals surface area contributed by atoms with E-state index in [0.717, 1.165) is 85.5 Å². The first kappa shape index (κ1) is 78.5. The molecule has 0 bridgehead atoms. The van der Waals surface area contributed by atoms with Crippen molar-refractivity contribution < 1.29 is 19.1 Å². The van der Waals surface area contributed by atoms with E-state index >= 15 is 0 Å². The van der Waals surface area contributed by atoms with Gasteiger partial charge >= 0.3 is 97.0 Å². The van der Waals surface area contributed by atoms with E-state index in [9.17, 15) is 5.53 Å². The number of allylic oxidation sites excluding steroid dienone is 2. The van der Waals surface area contributed by atoms with Crippen LogP contribution in [-0.4, -0.2) is 4.70 Å². The average Bonchev–Trinajstić information content (AvgIpc) is 1.59. The summed E-state index contributed by atoms with van der Waals surface area (Å²) in [5.41, 5.74) is 32.2. The van der Waals surface area contributed by atoms with Crippen LogP contribution in [0, 0.1) is 11.8 Å². The summed E-state index contributed by atoms with van der Waals surface area (Å²) < 4.78 is 1.68. The number of hydrogen-bond donors (Lipinski definition) is 0. The van der Waals surface area contributed by atoms with Gasteiger partial charge in [0.15, 0.2) is 0 Å². The summed E-state index contributed by atoms with van der Waals surface area (Å²) in [4.78, 5) is 0. The van der Waals surface area contributed by atoms with Crippen LogP contribution in [0.4, 0.5) is 0 Å². The molecule has 0 aromatic heterocycles. The molecule has 0 saturated carbocycles. The normalized spacial score (nSPS) is 12.3. The summed E-state index contributed by atoms with van der Waals surface area (Å²) >= 11 is 1.78. The van der Waals surface area contributed by atoms with Gasteiger partial charge in [0.1, 0.15) is 5.57 Å². The van der Waals surface area contributed by atoms with Crippen molar-refractivity contribution in [3.8, 4) is 11.8 Å². The molecule has 1 heterocycles. The second-order valence-electron chi connectivity index (χ2n) is 27.0. The molecule has 0 radical (unpaired) electrons. The Morgan fingerprint density at radius 3 is 0.967 bits per heavy atom. The number of unbranched alkanes of at least 4 members (excludes halogenated alkanes) is 32. The molecular formula is C87H136N2Ni. The third kappa shape index (κ3) is 31.8. The van der Waals surface area contributed by atoms with Crippen LogP contribution < -0.4 is 0 Å². The molecule has 4 aromatic carbocycles. The van der Waals surface area contributed by atoms with Gasteiger partial charge in [0.25, 0.3) is 0 Å². The molecule has 1 aliphatic heterocycles. The van der Waals surface area contributed by atoms with Gasteiger partial charge in [-0.25, -0.2) is 4.70 Å². The molecule has 0 fully saturated rings. The van der Waals surface area contributed by atoms with Crippen molar-refractivity contribution in [1.29, 1.82) is 0 Å². The summed E-state index contributed by atoms with van der Waals surface area (Å²) in [5, 5.41) is 2.23. The summed E-state index contributed by atoms with van der Waals surface area (Å²) in [6.45, 7) is 18.7. The molecule has 0 amide bonds. The van der Waals surface area contributed by atoms with Crippen LogP contribution in [0.1, 0.15) is 374 Å². The van der Waals surface area contributed by atoms with Gasteiger partial charge in [0.2, 0.25) is 11.4 Å². The standard InChI is InChI=1S/C73H122N2.2C7H7.Ni/c1-9-17-25-26-27-28-29-30-31-32-33-34-35-36-37-38-39-40-41-42-49-57-71-70(54-24-16-8)72(66-58-62(50-43-18-10-2)68(55-47-22-14-6)63(59-66)51-44-19-11-3)75(74)73(71)67-60-64(52-45-20-12-4)69(56-48-23-15-7)65(61-67)53-46-21-13-5;2*1-7-5-3-2-4-6-7;/h58-61H,9-48,50-56H2,1-8H3;2*2-6H,1H2;. The Balaban J connectivity index is 0.000000994. The third-order valence-corrected chi connectivity index (χ3v) is 20.2. The van der Waals surface area contributed by atoms with E-state index < -0.39 is 0 Å². The van der Waals surface area contributed by atoms with Crippen molar-refractivity contribution in [2.75, 3.05) is 0 Å². The Morgan fingerprint density at radius 2 is 0.622 bits per heavy atom. The molecule has 0 atom stereocenters. The van der Waals surface area contributed by atoms with Crippen molar-refractivity contribution in [3.05, 3.63) is 157 Å². The van der Waals surface area contributed by atoms with Crippen molar-refractivity contribution >= 4 is 11.4 Å². The maximum atomic E-state index is 13.2. The number of hydrogen-bond acceptors (Lipinski definition) is 0. The molecule has 504 valence electrons.